The van der Waals surface area contributed by atoms with Gasteiger partial charge in [0.15, 0.2) is 6.10 Å². The smallest absolute Gasteiger partial charge is 0.339 e. The highest BCUT2D eigenvalue weighted by Crippen LogP contribution is 2.25. The third-order valence-corrected chi connectivity index (χ3v) is 4.24. The standard InChI is InChI=1S/C16H20O6.2C4H8O2.C2H6/c1-2-6-14(17)21-13-9-5-10-20-16(13)22-12-8-4-3-7-11(12)15(18)19;2*1-2-3-4(5)6;1-2/h3-4,7-8,13,16H,2,5-6,9-10H2,1H3,(H,18,19);2*2-3H2,1H3,(H,5,6);1-2H3. The van der Waals surface area contributed by atoms with E-state index in [0.29, 0.717) is 38.7 Å². The van der Waals surface area contributed by atoms with Gasteiger partial charge in [-0.25, -0.2) is 4.79 Å². The van der Waals surface area contributed by atoms with E-state index in [4.69, 9.17) is 24.4 Å². The van der Waals surface area contributed by atoms with E-state index in [-0.39, 0.29) is 17.3 Å². The first-order valence-electron chi connectivity index (χ1n) is 12.4. The van der Waals surface area contributed by atoms with E-state index >= 15 is 0 Å². The average molecular weight is 515 g/mol. The monoisotopic (exact) mass is 514 g/mol. The van der Waals surface area contributed by atoms with E-state index in [9.17, 15) is 24.3 Å². The molecule has 3 N–H and O–H groups in total. The number of hydrogen-bond acceptors (Lipinski definition) is 7. The van der Waals surface area contributed by atoms with Gasteiger partial charge < -0.3 is 29.5 Å². The minimum Gasteiger partial charge on any atom is -0.481 e. The van der Waals surface area contributed by atoms with E-state index in [1.807, 2.05) is 34.6 Å². The van der Waals surface area contributed by atoms with Crippen molar-refractivity contribution in [2.24, 2.45) is 0 Å². The average Bonchev–Trinajstić information content (AvgIpc) is 2.83. The zero-order valence-electron chi connectivity index (χ0n) is 22.0. The molecular formula is C26H42O10. The summed E-state index contributed by atoms with van der Waals surface area (Å²) in [6.45, 7) is 10.1. The number of aliphatic carboxylic acids is 2. The lowest BCUT2D eigenvalue weighted by Gasteiger charge is -2.31. The fourth-order valence-corrected chi connectivity index (χ4v) is 2.68. The zero-order chi connectivity index (χ0) is 27.9. The topological polar surface area (TPSA) is 157 Å². The molecule has 2 unspecified atom stereocenters. The van der Waals surface area contributed by atoms with Gasteiger partial charge in [0, 0.05) is 19.3 Å². The first-order chi connectivity index (χ1) is 17.2. The molecule has 1 fully saturated rings. The zero-order valence-corrected chi connectivity index (χ0v) is 22.0. The fraction of sp³-hybridized carbons (Fsp3) is 0.615. The van der Waals surface area contributed by atoms with Crippen LogP contribution < -0.4 is 4.74 Å². The molecule has 206 valence electrons. The van der Waals surface area contributed by atoms with Gasteiger partial charge in [-0.3, -0.25) is 14.4 Å². The molecule has 1 aromatic carbocycles. The molecule has 0 radical (unpaired) electrons. The van der Waals surface area contributed by atoms with Crippen LogP contribution in [0.2, 0.25) is 0 Å². The Morgan fingerprint density at radius 3 is 1.86 bits per heavy atom. The van der Waals surface area contributed by atoms with Crippen LogP contribution in [0.15, 0.2) is 24.3 Å². The number of esters is 1. The lowest BCUT2D eigenvalue weighted by atomic mass is 10.1. The number of ether oxygens (including phenoxy) is 3. The molecule has 0 bridgehead atoms. The normalized spacial score (nSPS) is 15.8. The van der Waals surface area contributed by atoms with Crippen LogP contribution in [-0.4, -0.2) is 58.2 Å². The number of aromatic carboxylic acids is 1. The van der Waals surface area contributed by atoms with Crippen LogP contribution in [0.3, 0.4) is 0 Å². The highest BCUT2D eigenvalue weighted by molar-refractivity contribution is 5.90. The van der Waals surface area contributed by atoms with Crippen molar-refractivity contribution in [1.82, 2.24) is 0 Å². The van der Waals surface area contributed by atoms with Crippen molar-refractivity contribution in [2.75, 3.05) is 6.61 Å². The summed E-state index contributed by atoms with van der Waals surface area (Å²) in [5, 5.41) is 25.0. The summed E-state index contributed by atoms with van der Waals surface area (Å²) >= 11 is 0. The van der Waals surface area contributed by atoms with Crippen molar-refractivity contribution in [3.63, 3.8) is 0 Å². The van der Waals surface area contributed by atoms with Crippen molar-refractivity contribution >= 4 is 23.9 Å². The molecule has 0 amide bonds. The minimum atomic E-state index is -1.08. The molecule has 1 heterocycles. The predicted molar refractivity (Wildman–Crippen MR) is 134 cm³/mol. The van der Waals surface area contributed by atoms with Gasteiger partial charge in [-0.15, -0.1) is 0 Å². The summed E-state index contributed by atoms with van der Waals surface area (Å²) < 4.78 is 16.6. The number of carboxylic acids is 3. The number of carbonyl (C=O) groups is 4. The molecule has 0 aliphatic carbocycles. The molecule has 1 aliphatic rings. The number of rotatable bonds is 10. The first kappa shape index (κ1) is 35.0. The molecule has 0 saturated carbocycles. The number of benzene rings is 1. The molecular weight excluding hydrogens is 472 g/mol. The van der Waals surface area contributed by atoms with Crippen molar-refractivity contribution in [3.05, 3.63) is 29.8 Å². The Kier molecular flexibility index (Phi) is 21.7. The molecule has 1 saturated heterocycles. The van der Waals surface area contributed by atoms with Crippen LogP contribution in [0.4, 0.5) is 0 Å². The van der Waals surface area contributed by atoms with E-state index in [1.54, 1.807) is 18.2 Å². The molecule has 2 rings (SSSR count). The lowest BCUT2D eigenvalue weighted by molar-refractivity contribution is -0.196. The molecule has 1 aromatic rings. The molecule has 1 aliphatic heterocycles. The van der Waals surface area contributed by atoms with Crippen LogP contribution >= 0.6 is 0 Å². The molecule has 10 nitrogen and oxygen atoms in total. The van der Waals surface area contributed by atoms with Crippen molar-refractivity contribution in [2.45, 2.75) is 98.4 Å². The van der Waals surface area contributed by atoms with E-state index in [0.717, 1.165) is 19.3 Å². The Labute approximate surface area is 213 Å². The lowest BCUT2D eigenvalue weighted by Crippen LogP contribution is -2.41. The van der Waals surface area contributed by atoms with Gasteiger partial charge in [0.25, 0.3) is 0 Å². The largest absolute Gasteiger partial charge is 0.481 e. The first-order valence-corrected chi connectivity index (χ1v) is 12.4. The summed E-state index contributed by atoms with van der Waals surface area (Å²) in [6.07, 6.45) is 3.20. The van der Waals surface area contributed by atoms with Gasteiger partial charge in [-0.05, 0) is 44.2 Å². The maximum Gasteiger partial charge on any atom is 0.339 e. The summed E-state index contributed by atoms with van der Waals surface area (Å²) in [7, 11) is 0. The van der Waals surface area contributed by atoms with Crippen LogP contribution in [0, 0.1) is 0 Å². The number of hydrogen-bond donors (Lipinski definition) is 3. The third kappa shape index (κ3) is 17.3. The van der Waals surface area contributed by atoms with Crippen LogP contribution in [0.5, 0.6) is 5.75 Å². The highest BCUT2D eigenvalue weighted by Gasteiger charge is 2.31. The van der Waals surface area contributed by atoms with Crippen LogP contribution in [0.1, 0.15) is 96.3 Å². The Bertz CT molecular complexity index is 747. The van der Waals surface area contributed by atoms with Crippen LogP contribution in [-0.2, 0) is 23.9 Å². The predicted octanol–water partition coefficient (Wildman–Crippen LogP) is 5.38. The number of carbonyl (C=O) groups excluding carboxylic acids is 1. The molecule has 10 heteroatoms. The van der Waals surface area contributed by atoms with Gasteiger partial charge in [0.05, 0.1) is 6.61 Å². The quantitative estimate of drug-likeness (QED) is 0.346. The summed E-state index contributed by atoms with van der Waals surface area (Å²) in [5.74, 6) is -2.59. The van der Waals surface area contributed by atoms with E-state index in [2.05, 4.69) is 0 Å². The second-order valence-corrected chi connectivity index (χ2v) is 7.37. The van der Waals surface area contributed by atoms with Gasteiger partial charge in [-0.2, -0.15) is 0 Å². The van der Waals surface area contributed by atoms with Gasteiger partial charge in [0.2, 0.25) is 6.29 Å². The second kappa shape index (κ2) is 22.3. The summed E-state index contributed by atoms with van der Waals surface area (Å²) in [6, 6.07) is 6.32. The molecule has 2 atom stereocenters. The Balaban J connectivity index is 0. The summed E-state index contributed by atoms with van der Waals surface area (Å²) in [5.41, 5.74) is 0.0512. The summed E-state index contributed by atoms with van der Waals surface area (Å²) in [4.78, 5) is 42.1. The van der Waals surface area contributed by atoms with Crippen molar-refractivity contribution < 1.29 is 48.7 Å². The maximum absolute atomic E-state index is 11.7. The maximum atomic E-state index is 11.7. The minimum absolute atomic E-state index is 0.0512. The number of para-hydroxylation sites is 1. The van der Waals surface area contributed by atoms with Crippen molar-refractivity contribution in [3.8, 4) is 5.75 Å². The van der Waals surface area contributed by atoms with Gasteiger partial charge in [-0.1, -0.05) is 46.8 Å². The van der Waals surface area contributed by atoms with E-state index < -0.39 is 30.3 Å². The SMILES string of the molecule is CC.CCCC(=O)O.CCCC(=O)O.CCCC(=O)OC1CCCOC1Oc1ccccc1C(=O)O. The van der Waals surface area contributed by atoms with Crippen LogP contribution in [0.25, 0.3) is 0 Å². The highest BCUT2D eigenvalue weighted by atomic mass is 16.7. The Morgan fingerprint density at radius 2 is 1.42 bits per heavy atom. The number of carboxylic acid groups (broad SMARTS) is 3. The van der Waals surface area contributed by atoms with E-state index in [1.165, 1.54) is 6.07 Å². The Morgan fingerprint density at radius 1 is 0.889 bits per heavy atom. The second-order valence-electron chi connectivity index (χ2n) is 7.37. The fourth-order valence-electron chi connectivity index (χ4n) is 2.68. The Hall–Kier alpha value is -3.14. The van der Waals surface area contributed by atoms with Gasteiger partial charge in [0.1, 0.15) is 11.3 Å². The molecule has 0 spiro atoms. The molecule has 36 heavy (non-hydrogen) atoms. The third-order valence-electron chi connectivity index (χ3n) is 4.24. The van der Waals surface area contributed by atoms with Crippen molar-refractivity contribution in [1.29, 1.82) is 0 Å². The molecule has 0 aromatic heterocycles. The van der Waals surface area contributed by atoms with Gasteiger partial charge >= 0.3 is 23.9 Å².